The van der Waals surface area contributed by atoms with E-state index in [0.717, 1.165) is 23.0 Å². The maximum absolute atomic E-state index is 12.7. The highest BCUT2D eigenvalue weighted by Crippen LogP contribution is 2.31. The van der Waals surface area contributed by atoms with E-state index in [-0.39, 0.29) is 11.9 Å². The van der Waals surface area contributed by atoms with Gasteiger partial charge in [0.25, 0.3) is 0 Å². The second-order valence-electron chi connectivity index (χ2n) is 7.53. The monoisotopic (exact) mass is 398 g/mol. The fourth-order valence-corrected chi connectivity index (χ4v) is 3.62. The van der Waals surface area contributed by atoms with Gasteiger partial charge in [-0.05, 0) is 51.2 Å². The fraction of sp³-hybridized carbons (Fsp3) is 0.522. The lowest BCUT2D eigenvalue weighted by Crippen LogP contribution is -2.30. The van der Waals surface area contributed by atoms with Crippen molar-refractivity contribution in [1.82, 2.24) is 9.88 Å². The van der Waals surface area contributed by atoms with Crippen LogP contribution in [-0.4, -0.2) is 48.1 Å². The van der Waals surface area contributed by atoms with Crippen LogP contribution >= 0.6 is 0 Å². The van der Waals surface area contributed by atoms with Gasteiger partial charge in [0.2, 0.25) is 0 Å². The Bertz CT molecular complexity index is 877. The minimum absolute atomic E-state index is 0.193. The summed E-state index contributed by atoms with van der Waals surface area (Å²) in [6, 6.07) is 7.84. The minimum atomic E-state index is -0.338. The molecule has 0 amide bonds. The third-order valence-corrected chi connectivity index (χ3v) is 5.23. The molecule has 0 unspecified atom stereocenters. The highest BCUT2D eigenvalue weighted by atomic mass is 16.5. The number of carbonyl (C=O) groups is 2. The van der Waals surface area contributed by atoms with Crippen molar-refractivity contribution in [3.05, 3.63) is 41.1 Å². The topological polar surface area (TPSA) is 68.7 Å². The molecule has 1 aliphatic carbocycles. The van der Waals surface area contributed by atoms with Crippen molar-refractivity contribution in [2.45, 2.75) is 46.6 Å². The number of esters is 2. The van der Waals surface area contributed by atoms with Gasteiger partial charge in [-0.25, -0.2) is 4.79 Å². The first-order valence-electron chi connectivity index (χ1n) is 10.5. The quantitative estimate of drug-likeness (QED) is 0.566. The molecule has 1 aromatic carbocycles. The average molecular weight is 399 g/mol. The van der Waals surface area contributed by atoms with Crippen molar-refractivity contribution < 1.29 is 19.1 Å². The van der Waals surface area contributed by atoms with Crippen LogP contribution in [-0.2, 0) is 20.8 Å². The summed E-state index contributed by atoms with van der Waals surface area (Å²) < 4.78 is 10.4. The number of hydrogen-bond donors (Lipinski definition) is 0. The van der Waals surface area contributed by atoms with E-state index in [1.165, 1.54) is 12.8 Å². The molecule has 6 heteroatoms. The molecule has 0 spiro atoms. The number of aryl methyl sites for hydroxylation is 1. The molecule has 1 fully saturated rings. The molecule has 6 nitrogen and oxygen atoms in total. The van der Waals surface area contributed by atoms with Crippen LogP contribution < -0.4 is 0 Å². The molecule has 1 heterocycles. The summed E-state index contributed by atoms with van der Waals surface area (Å²) in [6.07, 6.45) is 2.76. The molecule has 0 atom stereocenters. The van der Waals surface area contributed by atoms with E-state index in [4.69, 9.17) is 14.5 Å². The molecular weight excluding hydrogens is 368 g/mol. The first-order valence-corrected chi connectivity index (χ1v) is 10.5. The molecule has 1 aliphatic rings. The van der Waals surface area contributed by atoms with Crippen LogP contribution in [0.1, 0.15) is 54.7 Å². The Morgan fingerprint density at radius 1 is 1.14 bits per heavy atom. The molecule has 29 heavy (non-hydrogen) atoms. The summed E-state index contributed by atoms with van der Waals surface area (Å²) >= 11 is 0. The zero-order chi connectivity index (χ0) is 20.8. The van der Waals surface area contributed by atoms with Crippen molar-refractivity contribution in [3.8, 4) is 0 Å². The second kappa shape index (κ2) is 9.83. The van der Waals surface area contributed by atoms with Crippen molar-refractivity contribution in [2.75, 3.05) is 26.3 Å². The summed E-state index contributed by atoms with van der Waals surface area (Å²) in [6.45, 7) is 8.27. The van der Waals surface area contributed by atoms with Gasteiger partial charge in [0.15, 0.2) is 0 Å². The maximum Gasteiger partial charge on any atom is 0.340 e. The molecule has 0 bridgehead atoms. The van der Waals surface area contributed by atoms with E-state index in [1.54, 1.807) is 6.92 Å². The van der Waals surface area contributed by atoms with Crippen molar-refractivity contribution >= 4 is 22.8 Å². The van der Waals surface area contributed by atoms with E-state index in [2.05, 4.69) is 4.90 Å². The van der Waals surface area contributed by atoms with E-state index in [0.29, 0.717) is 49.9 Å². The Labute approximate surface area is 172 Å². The van der Waals surface area contributed by atoms with Gasteiger partial charge in [0, 0.05) is 25.0 Å². The number of benzene rings is 1. The molecule has 1 aromatic heterocycles. The summed E-state index contributed by atoms with van der Waals surface area (Å²) in [4.78, 5) is 31.6. The Morgan fingerprint density at radius 3 is 2.55 bits per heavy atom. The lowest BCUT2D eigenvalue weighted by molar-refractivity contribution is -0.143. The van der Waals surface area contributed by atoms with Gasteiger partial charge in [-0.1, -0.05) is 18.2 Å². The zero-order valence-corrected chi connectivity index (χ0v) is 17.6. The highest BCUT2D eigenvalue weighted by molar-refractivity contribution is 5.98. The lowest BCUT2D eigenvalue weighted by atomic mass is 10.0. The van der Waals surface area contributed by atoms with Gasteiger partial charge in [-0.2, -0.15) is 0 Å². The van der Waals surface area contributed by atoms with Gasteiger partial charge in [0.1, 0.15) is 0 Å². The predicted molar refractivity (Wildman–Crippen MR) is 112 cm³/mol. The largest absolute Gasteiger partial charge is 0.466 e. The number of para-hydroxylation sites is 1. The first kappa shape index (κ1) is 21.2. The van der Waals surface area contributed by atoms with Gasteiger partial charge in [-0.15, -0.1) is 0 Å². The Kier molecular flexibility index (Phi) is 7.20. The lowest BCUT2D eigenvalue weighted by Gasteiger charge is -2.23. The van der Waals surface area contributed by atoms with Crippen molar-refractivity contribution in [3.63, 3.8) is 0 Å². The van der Waals surface area contributed by atoms with Crippen molar-refractivity contribution in [2.24, 2.45) is 5.92 Å². The summed E-state index contributed by atoms with van der Waals surface area (Å²) in [5.41, 5.74) is 3.01. The molecule has 0 radical (unpaired) electrons. The third-order valence-electron chi connectivity index (χ3n) is 5.23. The average Bonchev–Trinajstić information content (AvgIpc) is 3.51. The number of pyridine rings is 1. The normalized spacial score (nSPS) is 13.7. The van der Waals surface area contributed by atoms with E-state index < -0.39 is 0 Å². The van der Waals surface area contributed by atoms with E-state index in [9.17, 15) is 9.59 Å². The number of carbonyl (C=O) groups excluding carboxylic acids is 2. The summed E-state index contributed by atoms with van der Waals surface area (Å²) in [5, 5.41) is 0.958. The van der Waals surface area contributed by atoms with Crippen LogP contribution in [0.2, 0.25) is 0 Å². The molecule has 2 aromatic rings. The van der Waals surface area contributed by atoms with Crippen LogP contribution in [0.15, 0.2) is 24.3 Å². The summed E-state index contributed by atoms with van der Waals surface area (Å²) in [5.74, 6) is 0.126. The number of hydrogen-bond acceptors (Lipinski definition) is 6. The Hall–Kier alpha value is -2.47. The first-order chi connectivity index (χ1) is 14.0. The SMILES string of the molecule is CCOC(=O)CCN(Cc1nc2ccccc2c(C)c1C(=O)OCC)CC1CC1. The highest BCUT2D eigenvalue weighted by Gasteiger charge is 2.27. The number of ether oxygens (including phenoxy) is 2. The third kappa shape index (κ3) is 5.54. The fourth-order valence-electron chi connectivity index (χ4n) is 3.62. The molecule has 3 rings (SSSR count). The van der Waals surface area contributed by atoms with Gasteiger partial charge < -0.3 is 9.47 Å². The van der Waals surface area contributed by atoms with E-state index in [1.807, 2.05) is 38.1 Å². The van der Waals surface area contributed by atoms with E-state index >= 15 is 0 Å². The van der Waals surface area contributed by atoms with Crippen LogP contribution in [0.3, 0.4) is 0 Å². The Balaban J connectivity index is 1.90. The molecule has 1 saturated carbocycles. The van der Waals surface area contributed by atoms with Crippen LogP contribution in [0.4, 0.5) is 0 Å². The maximum atomic E-state index is 12.7. The number of nitrogens with zero attached hydrogens (tertiary/aromatic N) is 2. The predicted octanol–water partition coefficient (Wildman–Crippen LogP) is 3.89. The van der Waals surface area contributed by atoms with Gasteiger partial charge >= 0.3 is 11.9 Å². The summed E-state index contributed by atoms with van der Waals surface area (Å²) in [7, 11) is 0. The van der Waals surface area contributed by atoms with Gasteiger partial charge in [-0.3, -0.25) is 14.7 Å². The minimum Gasteiger partial charge on any atom is -0.466 e. The molecule has 0 aliphatic heterocycles. The van der Waals surface area contributed by atoms with Crippen LogP contribution in [0, 0.1) is 12.8 Å². The molecule has 156 valence electrons. The van der Waals surface area contributed by atoms with Crippen LogP contribution in [0.5, 0.6) is 0 Å². The van der Waals surface area contributed by atoms with Crippen LogP contribution in [0.25, 0.3) is 10.9 Å². The second-order valence-corrected chi connectivity index (χ2v) is 7.53. The Morgan fingerprint density at radius 2 is 1.86 bits per heavy atom. The number of rotatable bonds is 10. The molecule has 0 saturated heterocycles. The smallest absolute Gasteiger partial charge is 0.340 e. The number of fused-ring (bicyclic) bond motifs is 1. The zero-order valence-electron chi connectivity index (χ0n) is 17.6. The van der Waals surface area contributed by atoms with Gasteiger partial charge in [0.05, 0.1) is 36.4 Å². The molecule has 0 N–H and O–H groups in total. The number of aromatic nitrogens is 1. The van der Waals surface area contributed by atoms with Crippen molar-refractivity contribution in [1.29, 1.82) is 0 Å². The standard InChI is InChI=1S/C23H30N2O4/c1-4-28-21(26)12-13-25(14-17-10-11-17)15-20-22(23(27)29-5-2)16(3)18-8-6-7-9-19(18)24-20/h6-9,17H,4-5,10-15H2,1-3H3. The molecular formula is C23H30N2O4.